The van der Waals surface area contributed by atoms with Crippen molar-refractivity contribution in [2.24, 2.45) is 0 Å². The highest BCUT2D eigenvalue weighted by atomic mass is 16.5. The van der Waals surface area contributed by atoms with Crippen LogP contribution >= 0.6 is 0 Å². The van der Waals surface area contributed by atoms with E-state index in [4.69, 9.17) is 19.3 Å². The molecule has 100 valence electrons. The number of benzene rings is 1. The van der Waals surface area contributed by atoms with Crippen LogP contribution in [0.1, 0.15) is 24.2 Å². The predicted molar refractivity (Wildman–Crippen MR) is 66.3 cm³/mol. The van der Waals surface area contributed by atoms with Gasteiger partial charge in [-0.3, -0.25) is 0 Å². The van der Waals surface area contributed by atoms with Crippen molar-refractivity contribution in [3.05, 3.63) is 23.3 Å². The standard InChI is InChI=1S/C13H18O5/c1-8-11(16-3)6-5-10(13(8)17-4)9(2)18-7-12(14)15/h5-6,9H,7H2,1-4H3,(H,14,15). The van der Waals surface area contributed by atoms with Crippen LogP contribution in [0.2, 0.25) is 0 Å². The van der Waals surface area contributed by atoms with Crippen molar-refractivity contribution in [1.29, 1.82) is 0 Å². The third kappa shape index (κ3) is 3.13. The summed E-state index contributed by atoms with van der Waals surface area (Å²) in [5.41, 5.74) is 1.67. The predicted octanol–water partition coefficient (Wildman–Crippen LogP) is 2.17. The van der Waals surface area contributed by atoms with Crippen LogP contribution in [0.5, 0.6) is 11.5 Å². The maximum absolute atomic E-state index is 10.5. The third-order valence-electron chi connectivity index (χ3n) is 2.71. The molecule has 0 aromatic heterocycles. The molecular formula is C13H18O5. The maximum Gasteiger partial charge on any atom is 0.329 e. The number of carboxylic acid groups (broad SMARTS) is 1. The first kappa shape index (κ1) is 14.3. The van der Waals surface area contributed by atoms with Crippen molar-refractivity contribution in [3.63, 3.8) is 0 Å². The fourth-order valence-electron chi connectivity index (χ4n) is 1.79. The minimum Gasteiger partial charge on any atom is -0.496 e. The molecule has 1 N–H and O–H groups in total. The lowest BCUT2D eigenvalue weighted by atomic mass is 10.0. The van der Waals surface area contributed by atoms with Gasteiger partial charge in [-0.15, -0.1) is 0 Å². The van der Waals surface area contributed by atoms with E-state index in [9.17, 15) is 4.79 Å². The van der Waals surface area contributed by atoms with Crippen LogP contribution in [0.3, 0.4) is 0 Å². The molecule has 0 aliphatic rings. The Morgan fingerprint density at radius 1 is 1.33 bits per heavy atom. The summed E-state index contributed by atoms with van der Waals surface area (Å²) >= 11 is 0. The summed E-state index contributed by atoms with van der Waals surface area (Å²) in [4.78, 5) is 10.5. The van der Waals surface area contributed by atoms with E-state index in [1.54, 1.807) is 21.1 Å². The number of carboxylic acids is 1. The van der Waals surface area contributed by atoms with E-state index in [0.717, 1.165) is 16.9 Å². The lowest BCUT2D eigenvalue weighted by Crippen LogP contribution is -2.11. The van der Waals surface area contributed by atoms with Gasteiger partial charge >= 0.3 is 5.97 Å². The molecule has 0 aliphatic carbocycles. The number of ether oxygens (including phenoxy) is 3. The van der Waals surface area contributed by atoms with Gasteiger partial charge in [-0.05, 0) is 26.0 Å². The molecule has 5 nitrogen and oxygen atoms in total. The fourth-order valence-corrected chi connectivity index (χ4v) is 1.79. The van der Waals surface area contributed by atoms with E-state index in [0.29, 0.717) is 5.75 Å². The Hall–Kier alpha value is -1.75. The molecule has 1 unspecified atom stereocenters. The maximum atomic E-state index is 10.5. The van der Waals surface area contributed by atoms with Crippen molar-refractivity contribution in [2.45, 2.75) is 20.0 Å². The highest BCUT2D eigenvalue weighted by Gasteiger charge is 2.17. The normalized spacial score (nSPS) is 12.0. The molecule has 0 heterocycles. The van der Waals surface area contributed by atoms with E-state index < -0.39 is 5.97 Å². The van der Waals surface area contributed by atoms with Gasteiger partial charge < -0.3 is 19.3 Å². The summed E-state index contributed by atoms with van der Waals surface area (Å²) in [6, 6.07) is 3.63. The van der Waals surface area contributed by atoms with Gasteiger partial charge in [0.05, 0.1) is 20.3 Å². The van der Waals surface area contributed by atoms with Gasteiger partial charge in [-0.25, -0.2) is 4.79 Å². The summed E-state index contributed by atoms with van der Waals surface area (Å²) in [5, 5.41) is 8.60. The van der Waals surface area contributed by atoms with E-state index in [-0.39, 0.29) is 12.7 Å². The smallest absolute Gasteiger partial charge is 0.329 e. The van der Waals surface area contributed by atoms with Crippen LogP contribution in [0.15, 0.2) is 12.1 Å². The highest BCUT2D eigenvalue weighted by molar-refractivity contribution is 5.68. The van der Waals surface area contributed by atoms with Gasteiger partial charge in [0.25, 0.3) is 0 Å². The Balaban J connectivity index is 3.01. The number of hydrogen-bond acceptors (Lipinski definition) is 4. The van der Waals surface area contributed by atoms with Crippen LogP contribution in [0.25, 0.3) is 0 Å². The zero-order valence-corrected chi connectivity index (χ0v) is 11.0. The molecule has 0 saturated heterocycles. The lowest BCUT2D eigenvalue weighted by molar-refractivity contribution is -0.144. The first-order valence-corrected chi connectivity index (χ1v) is 5.56. The van der Waals surface area contributed by atoms with Gasteiger partial charge in [0.1, 0.15) is 18.1 Å². The topological polar surface area (TPSA) is 65.0 Å². The first-order chi connectivity index (χ1) is 8.51. The molecule has 0 saturated carbocycles. The van der Waals surface area contributed by atoms with E-state index >= 15 is 0 Å². The fraction of sp³-hybridized carbons (Fsp3) is 0.462. The van der Waals surface area contributed by atoms with Crippen molar-refractivity contribution in [2.75, 3.05) is 20.8 Å². The zero-order valence-electron chi connectivity index (χ0n) is 11.0. The molecule has 0 spiro atoms. The molecule has 0 radical (unpaired) electrons. The Bertz CT molecular complexity index is 428. The zero-order chi connectivity index (χ0) is 13.7. The number of carbonyl (C=O) groups is 1. The van der Waals surface area contributed by atoms with E-state index in [1.807, 2.05) is 19.1 Å². The number of methoxy groups -OCH3 is 2. The minimum absolute atomic E-state index is 0.338. The Labute approximate surface area is 106 Å². The highest BCUT2D eigenvalue weighted by Crippen LogP contribution is 2.35. The average Bonchev–Trinajstić information content (AvgIpc) is 2.35. The Morgan fingerprint density at radius 2 is 2.00 bits per heavy atom. The number of aliphatic carboxylic acids is 1. The molecule has 0 aliphatic heterocycles. The Kier molecular flexibility index (Phi) is 4.97. The number of hydrogen-bond donors (Lipinski definition) is 1. The van der Waals surface area contributed by atoms with Crippen molar-refractivity contribution >= 4 is 5.97 Å². The van der Waals surface area contributed by atoms with Gasteiger partial charge in [-0.2, -0.15) is 0 Å². The lowest BCUT2D eigenvalue weighted by Gasteiger charge is -2.18. The molecule has 0 bridgehead atoms. The molecule has 0 amide bonds. The first-order valence-electron chi connectivity index (χ1n) is 5.56. The second kappa shape index (κ2) is 6.26. The van der Waals surface area contributed by atoms with E-state index in [2.05, 4.69) is 0 Å². The summed E-state index contributed by atoms with van der Waals surface area (Å²) in [6.07, 6.45) is -0.361. The minimum atomic E-state index is -0.994. The van der Waals surface area contributed by atoms with Crippen molar-refractivity contribution < 1.29 is 24.1 Å². The molecule has 18 heavy (non-hydrogen) atoms. The second-order valence-corrected chi connectivity index (χ2v) is 3.86. The van der Waals surface area contributed by atoms with Crippen LogP contribution in [0, 0.1) is 6.92 Å². The average molecular weight is 254 g/mol. The van der Waals surface area contributed by atoms with Crippen LogP contribution in [-0.4, -0.2) is 31.9 Å². The van der Waals surface area contributed by atoms with Crippen molar-refractivity contribution in [3.8, 4) is 11.5 Å². The summed E-state index contributed by atoms with van der Waals surface area (Å²) < 4.78 is 15.8. The van der Waals surface area contributed by atoms with Crippen molar-refractivity contribution in [1.82, 2.24) is 0 Å². The summed E-state index contributed by atoms with van der Waals surface area (Å²) in [7, 11) is 3.15. The summed E-state index contributed by atoms with van der Waals surface area (Å²) in [5.74, 6) is 0.388. The summed E-state index contributed by atoms with van der Waals surface area (Å²) in [6.45, 7) is 3.33. The largest absolute Gasteiger partial charge is 0.496 e. The van der Waals surface area contributed by atoms with Crippen LogP contribution in [0.4, 0.5) is 0 Å². The third-order valence-corrected chi connectivity index (χ3v) is 2.71. The monoisotopic (exact) mass is 254 g/mol. The van der Waals surface area contributed by atoms with Crippen LogP contribution in [-0.2, 0) is 9.53 Å². The molecule has 1 aromatic rings. The van der Waals surface area contributed by atoms with E-state index in [1.165, 1.54) is 0 Å². The second-order valence-electron chi connectivity index (χ2n) is 3.86. The molecule has 1 aromatic carbocycles. The SMILES string of the molecule is COc1ccc(C(C)OCC(=O)O)c(OC)c1C. The molecule has 1 atom stereocenters. The number of rotatable bonds is 6. The molecule has 5 heteroatoms. The van der Waals surface area contributed by atoms with Crippen LogP contribution < -0.4 is 9.47 Å². The molecule has 1 rings (SSSR count). The molecular weight excluding hydrogens is 236 g/mol. The van der Waals surface area contributed by atoms with Gasteiger partial charge in [0, 0.05) is 11.1 Å². The van der Waals surface area contributed by atoms with Gasteiger partial charge in [0.15, 0.2) is 0 Å². The van der Waals surface area contributed by atoms with Gasteiger partial charge in [-0.1, -0.05) is 0 Å². The van der Waals surface area contributed by atoms with Gasteiger partial charge in [0.2, 0.25) is 0 Å². The molecule has 0 fully saturated rings. The quantitative estimate of drug-likeness (QED) is 0.842. The Morgan fingerprint density at radius 3 is 2.50 bits per heavy atom.